The van der Waals surface area contributed by atoms with Crippen LogP contribution in [0.5, 0.6) is 0 Å². The average Bonchev–Trinajstić information content (AvgIpc) is 2.67. The number of imidazole rings is 1. The van der Waals surface area contributed by atoms with Crippen LogP contribution < -0.4 is 11.3 Å². The van der Waals surface area contributed by atoms with E-state index in [1.165, 1.54) is 0 Å². The van der Waals surface area contributed by atoms with Gasteiger partial charge in [-0.1, -0.05) is 0 Å². The van der Waals surface area contributed by atoms with Crippen molar-refractivity contribution < 1.29 is 4.74 Å². The van der Waals surface area contributed by atoms with Crippen LogP contribution >= 0.6 is 0 Å². The molecule has 1 aromatic rings. The molecule has 1 fully saturated rings. The van der Waals surface area contributed by atoms with Gasteiger partial charge in [0.15, 0.2) is 0 Å². The normalized spacial score (nSPS) is 18.8. The summed E-state index contributed by atoms with van der Waals surface area (Å²) < 4.78 is 5.28. The molecule has 1 aliphatic rings. The van der Waals surface area contributed by atoms with Gasteiger partial charge in [-0.3, -0.25) is 5.43 Å². The largest absolute Gasteiger partial charge is 0.381 e. The standard InChI is InChI=1S/C8H14N4O/c9-12-8-10-5-7(11-8)6-1-3-13-4-2-6/h5-6H,1-4,9H2,(H2,10,11,12). The van der Waals surface area contributed by atoms with Gasteiger partial charge in [0.2, 0.25) is 5.95 Å². The molecule has 4 N–H and O–H groups in total. The third-order valence-corrected chi connectivity index (χ3v) is 2.39. The molecule has 13 heavy (non-hydrogen) atoms. The van der Waals surface area contributed by atoms with Gasteiger partial charge in [-0.15, -0.1) is 0 Å². The molecule has 0 bridgehead atoms. The molecule has 1 aromatic heterocycles. The minimum absolute atomic E-state index is 0.545. The van der Waals surface area contributed by atoms with Gasteiger partial charge >= 0.3 is 0 Å². The van der Waals surface area contributed by atoms with Gasteiger partial charge in [-0.2, -0.15) is 0 Å². The molecule has 0 saturated carbocycles. The second kappa shape index (κ2) is 3.76. The van der Waals surface area contributed by atoms with Gasteiger partial charge in [0, 0.05) is 24.8 Å². The lowest BCUT2D eigenvalue weighted by Gasteiger charge is -2.20. The molecule has 2 heterocycles. The highest BCUT2D eigenvalue weighted by atomic mass is 16.5. The summed E-state index contributed by atoms with van der Waals surface area (Å²) >= 11 is 0. The first-order chi connectivity index (χ1) is 6.40. The van der Waals surface area contributed by atoms with Crippen LogP contribution in [0.3, 0.4) is 0 Å². The number of ether oxygens (including phenoxy) is 1. The van der Waals surface area contributed by atoms with Crippen LogP contribution in [0, 0.1) is 0 Å². The van der Waals surface area contributed by atoms with E-state index in [0.717, 1.165) is 31.7 Å². The topological polar surface area (TPSA) is 76.0 Å². The number of hydrogen-bond acceptors (Lipinski definition) is 4. The summed E-state index contributed by atoms with van der Waals surface area (Å²) in [6, 6.07) is 0. The van der Waals surface area contributed by atoms with Crippen molar-refractivity contribution in [1.82, 2.24) is 9.97 Å². The zero-order valence-electron chi connectivity index (χ0n) is 7.42. The highest BCUT2D eigenvalue weighted by molar-refractivity contribution is 5.25. The molecule has 0 unspecified atom stereocenters. The molecule has 1 aliphatic heterocycles. The third-order valence-electron chi connectivity index (χ3n) is 2.39. The van der Waals surface area contributed by atoms with Crippen molar-refractivity contribution in [2.45, 2.75) is 18.8 Å². The fourth-order valence-electron chi connectivity index (χ4n) is 1.62. The Labute approximate surface area is 76.7 Å². The highest BCUT2D eigenvalue weighted by Crippen LogP contribution is 2.25. The van der Waals surface area contributed by atoms with E-state index in [4.69, 9.17) is 10.6 Å². The Morgan fingerprint density at radius 3 is 2.92 bits per heavy atom. The number of aromatic nitrogens is 2. The lowest BCUT2D eigenvalue weighted by Crippen LogP contribution is -2.14. The smallest absolute Gasteiger partial charge is 0.214 e. The molecule has 5 heteroatoms. The van der Waals surface area contributed by atoms with E-state index in [-0.39, 0.29) is 0 Å². The number of nitrogens with two attached hydrogens (primary N) is 1. The van der Waals surface area contributed by atoms with Crippen LogP contribution in [0.2, 0.25) is 0 Å². The first kappa shape index (κ1) is 8.52. The van der Waals surface area contributed by atoms with Crippen LogP contribution in [0.25, 0.3) is 0 Å². The van der Waals surface area contributed by atoms with Crippen LogP contribution in [0.1, 0.15) is 24.5 Å². The Hall–Kier alpha value is -1.07. The monoisotopic (exact) mass is 182 g/mol. The third kappa shape index (κ3) is 1.81. The number of aromatic amines is 1. The first-order valence-electron chi connectivity index (χ1n) is 4.49. The SMILES string of the molecule is NNc1ncc(C2CCOCC2)[nH]1. The Morgan fingerprint density at radius 1 is 1.54 bits per heavy atom. The fourth-order valence-corrected chi connectivity index (χ4v) is 1.62. The molecule has 5 nitrogen and oxygen atoms in total. The van der Waals surface area contributed by atoms with Gasteiger partial charge < -0.3 is 9.72 Å². The van der Waals surface area contributed by atoms with E-state index < -0.39 is 0 Å². The molecule has 72 valence electrons. The zero-order valence-corrected chi connectivity index (χ0v) is 7.42. The van der Waals surface area contributed by atoms with Gasteiger partial charge in [-0.05, 0) is 12.8 Å². The molecule has 0 radical (unpaired) electrons. The molecule has 0 spiro atoms. The quantitative estimate of drug-likeness (QED) is 0.462. The summed E-state index contributed by atoms with van der Waals surface area (Å²) in [6.45, 7) is 1.68. The fraction of sp³-hybridized carbons (Fsp3) is 0.625. The maximum absolute atomic E-state index is 5.28. The Morgan fingerprint density at radius 2 is 2.31 bits per heavy atom. The van der Waals surface area contributed by atoms with Crippen LogP contribution in [-0.4, -0.2) is 23.2 Å². The maximum atomic E-state index is 5.28. The number of nitrogens with zero attached hydrogens (tertiary/aromatic N) is 1. The number of H-pyrrole nitrogens is 1. The predicted molar refractivity (Wildman–Crippen MR) is 49.2 cm³/mol. The van der Waals surface area contributed by atoms with Gasteiger partial charge in [0.05, 0.1) is 6.20 Å². The average molecular weight is 182 g/mol. The van der Waals surface area contributed by atoms with Crippen LogP contribution in [-0.2, 0) is 4.74 Å². The van der Waals surface area contributed by atoms with Crippen molar-refractivity contribution in [3.05, 3.63) is 11.9 Å². The van der Waals surface area contributed by atoms with Crippen molar-refractivity contribution >= 4 is 5.95 Å². The molecule has 1 saturated heterocycles. The van der Waals surface area contributed by atoms with Gasteiger partial charge in [0.25, 0.3) is 0 Å². The molecular weight excluding hydrogens is 168 g/mol. The maximum Gasteiger partial charge on any atom is 0.214 e. The molecule has 0 amide bonds. The second-order valence-electron chi connectivity index (χ2n) is 3.22. The number of nitrogen functional groups attached to an aromatic ring is 1. The molecule has 0 aromatic carbocycles. The Balaban J connectivity index is 2.05. The highest BCUT2D eigenvalue weighted by Gasteiger charge is 2.17. The summed E-state index contributed by atoms with van der Waals surface area (Å²) in [4.78, 5) is 7.21. The number of hydrazine groups is 1. The van der Waals surface area contributed by atoms with E-state index in [2.05, 4.69) is 15.4 Å². The number of hydrogen-bond donors (Lipinski definition) is 3. The van der Waals surface area contributed by atoms with E-state index >= 15 is 0 Å². The minimum Gasteiger partial charge on any atom is -0.381 e. The van der Waals surface area contributed by atoms with Crippen molar-refractivity contribution in [1.29, 1.82) is 0 Å². The molecule has 2 rings (SSSR count). The number of anilines is 1. The van der Waals surface area contributed by atoms with E-state index in [0.29, 0.717) is 11.9 Å². The number of rotatable bonds is 2. The Bertz CT molecular complexity index is 267. The van der Waals surface area contributed by atoms with Crippen LogP contribution in [0.15, 0.2) is 6.20 Å². The zero-order chi connectivity index (χ0) is 9.10. The van der Waals surface area contributed by atoms with Gasteiger partial charge in [0.1, 0.15) is 0 Å². The summed E-state index contributed by atoms with van der Waals surface area (Å²) in [5.41, 5.74) is 3.64. The van der Waals surface area contributed by atoms with Crippen molar-refractivity contribution in [3.63, 3.8) is 0 Å². The molecule has 0 aliphatic carbocycles. The summed E-state index contributed by atoms with van der Waals surface area (Å²) in [5.74, 6) is 6.40. The van der Waals surface area contributed by atoms with E-state index in [9.17, 15) is 0 Å². The number of nitrogens with one attached hydrogen (secondary N) is 2. The summed E-state index contributed by atoms with van der Waals surface area (Å²) in [6.07, 6.45) is 3.96. The molecular formula is C8H14N4O. The Kier molecular flexibility index (Phi) is 2.47. The van der Waals surface area contributed by atoms with E-state index in [1.807, 2.05) is 6.20 Å². The molecule has 0 atom stereocenters. The van der Waals surface area contributed by atoms with Crippen molar-refractivity contribution in [2.24, 2.45) is 5.84 Å². The van der Waals surface area contributed by atoms with E-state index in [1.54, 1.807) is 0 Å². The predicted octanol–water partition coefficient (Wildman–Crippen LogP) is 0.589. The van der Waals surface area contributed by atoms with Crippen LogP contribution in [0.4, 0.5) is 5.95 Å². The minimum atomic E-state index is 0.545. The first-order valence-corrected chi connectivity index (χ1v) is 4.49. The summed E-state index contributed by atoms with van der Waals surface area (Å²) in [5, 5.41) is 0. The van der Waals surface area contributed by atoms with Crippen molar-refractivity contribution in [2.75, 3.05) is 18.6 Å². The lowest BCUT2D eigenvalue weighted by molar-refractivity contribution is 0.0846. The summed E-state index contributed by atoms with van der Waals surface area (Å²) in [7, 11) is 0. The lowest BCUT2D eigenvalue weighted by atomic mass is 9.97. The second-order valence-corrected chi connectivity index (χ2v) is 3.22. The van der Waals surface area contributed by atoms with Crippen molar-refractivity contribution in [3.8, 4) is 0 Å². The van der Waals surface area contributed by atoms with Gasteiger partial charge in [-0.25, -0.2) is 10.8 Å².